The summed E-state index contributed by atoms with van der Waals surface area (Å²) in [6.45, 7) is 2.76. The Morgan fingerprint density at radius 3 is 2.34 bits per heavy atom. The van der Waals surface area contributed by atoms with E-state index in [9.17, 15) is 14.7 Å². The Morgan fingerprint density at radius 2 is 1.71 bits per heavy atom. The number of aliphatic carboxylic acids is 1. The highest BCUT2D eigenvalue weighted by Gasteiger charge is 2.45. The Kier molecular flexibility index (Phi) is 7.33. The lowest BCUT2D eigenvalue weighted by Gasteiger charge is -2.36. The van der Waals surface area contributed by atoms with Gasteiger partial charge in [0.2, 0.25) is 5.78 Å². The van der Waals surface area contributed by atoms with Crippen molar-refractivity contribution in [1.29, 1.82) is 0 Å². The molecule has 1 fully saturated rings. The van der Waals surface area contributed by atoms with Crippen LogP contribution in [0.25, 0.3) is 17.3 Å². The molecule has 1 heterocycles. The van der Waals surface area contributed by atoms with Gasteiger partial charge >= 0.3 is 5.97 Å². The summed E-state index contributed by atoms with van der Waals surface area (Å²) in [4.78, 5) is 29.6. The van der Waals surface area contributed by atoms with E-state index in [1.165, 1.54) is 0 Å². The van der Waals surface area contributed by atoms with Gasteiger partial charge < -0.3 is 14.4 Å². The monoisotopic (exact) mass is 506 g/mol. The third-order valence-electron chi connectivity index (χ3n) is 7.01. The molecule has 0 atom stereocenters. The first-order chi connectivity index (χ1) is 18.4. The number of carbonyl (C=O) groups excluding carboxylic acids is 1. The van der Waals surface area contributed by atoms with E-state index in [1.54, 1.807) is 0 Å². The van der Waals surface area contributed by atoms with Crippen molar-refractivity contribution >= 4 is 17.8 Å². The number of hydrogen-bond acceptors (Lipinski definition) is 4. The van der Waals surface area contributed by atoms with Crippen LogP contribution in [-0.2, 0) is 16.1 Å². The maximum Gasteiger partial charge on any atom is 0.335 e. The number of benzene rings is 3. The predicted octanol–water partition coefficient (Wildman–Crippen LogP) is 6.17. The molecule has 1 aliphatic carbocycles. The molecule has 0 spiro atoms. The van der Waals surface area contributed by atoms with Gasteiger partial charge in [0.05, 0.1) is 12.3 Å². The van der Waals surface area contributed by atoms with E-state index in [0.717, 1.165) is 34.4 Å². The third kappa shape index (κ3) is 5.50. The molecule has 0 amide bonds. The summed E-state index contributed by atoms with van der Waals surface area (Å²) in [5.41, 5.74) is 4.43. The Bertz CT molecular complexity index is 1450. The fraction of sp³-hybridized carbons (Fsp3) is 0.219. The van der Waals surface area contributed by atoms with Gasteiger partial charge in [-0.25, -0.2) is 9.78 Å². The number of nitrogens with zero attached hydrogens (tertiary/aromatic N) is 2. The number of aromatic nitrogens is 2. The second-order valence-corrected chi connectivity index (χ2v) is 9.75. The third-order valence-corrected chi connectivity index (χ3v) is 7.01. The number of carboxylic acid groups (broad SMARTS) is 1. The average Bonchev–Trinajstić information content (AvgIpc) is 3.32. The normalized spacial score (nSPS) is 14.3. The van der Waals surface area contributed by atoms with Gasteiger partial charge in [-0.1, -0.05) is 96.6 Å². The molecule has 38 heavy (non-hydrogen) atoms. The van der Waals surface area contributed by atoms with Crippen molar-refractivity contribution in [3.63, 3.8) is 0 Å². The van der Waals surface area contributed by atoms with Crippen molar-refractivity contribution in [3.05, 3.63) is 119 Å². The van der Waals surface area contributed by atoms with Gasteiger partial charge in [0, 0.05) is 23.9 Å². The molecule has 1 aromatic heterocycles. The molecule has 4 aromatic rings. The molecule has 0 saturated heterocycles. The second-order valence-electron chi connectivity index (χ2n) is 9.75. The lowest BCUT2D eigenvalue weighted by molar-refractivity contribution is -0.176. The van der Waals surface area contributed by atoms with Crippen LogP contribution in [0.5, 0.6) is 0 Å². The molecular formula is C32H30N2O4. The minimum absolute atomic E-state index is 0.114. The van der Waals surface area contributed by atoms with E-state index in [1.807, 2.05) is 109 Å². The number of carbonyl (C=O) groups is 2. The zero-order chi connectivity index (χ0) is 26.5. The molecule has 0 unspecified atom stereocenters. The van der Waals surface area contributed by atoms with Crippen LogP contribution >= 0.6 is 0 Å². The summed E-state index contributed by atoms with van der Waals surface area (Å²) in [6.07, 6.45) is 7.73. The van der Waals surface area contributed by atoms with Gasteiger partial charge in [-0.3, -0.25) is 4.79 Å². The fourth-order valence-electron chi connectivity index (χ4n) is 4.54. The highest BCUT2D eigenvalue weighted by atomic mass is 16.5. The predicted molar refractivity (Wildman–Crippen MR) is 147 cm³/mol. The van der Waals surface area contributed by atoms with Gasteiger partial charge in [-0.2, -0.15) is 0 Å². The number of hydrogen-bond donors (Lipinski definition) is 1. The maximum atomic E-state index is 13.4. The summed E-state index contributed by atoms with van der Waals surface area (Å²) in [6, 6.07) is 25.4. The van der Waals surface area contributed by atoms with E-state index in [2.05, 4.69) is 0 Å². The highest BCUT2D eigenvalue weighted by molar-refractivity contribution is 6.07. The van der Waals surface area contributed by atoms with Crippen LogP contribution in [0.3, 0.4) is 0 Å². The number of carboxylic acids is 1. The van der Waals surface area contributed by atoms with Crippen LogP contribution in [0.2, 0.25) is 0 Å². The van der Waals surface area contributed by atoms with Crippen molar-refractivity contribution < 1.29 is 19.4 Å². The lowest BCUT2D eigenvalue weighted by atomic mass is 9.80. The van der Waals surface area contributed by atoms with E-state index in [-0.39, 0.29) is 12.4 Å². The molecule has 1 saturated carbocycles. The van der Waals surface area contributed by atoms with E-state index in [0.29, 0.717) is 30.8 Å². The summed E-state index contributed by atoms with van der Waals surface area (Å²) in [5, 5.41) is 9.37. The SMILES string of the molecule is Cc1ccc(C(=O)c2nc(-c3ccccc3)cn2Cc2ccc(/C=C/COC3(C(=O)O)CCC3)cc2)cc1. The van der Waals surface area contributed by atoms with Crippen molar-refractivity contribution in [2.45, 2.75) is 38.3 Å². The number of ether oxygens (including phenoxy) is 1. The minimum Gasteiger partial charge on any atom is -0.479 e. The molecule has 6 nitrogen and oxygen atoms in total. The van der Waals surface area contributed by atoms with Crippen LogP contribution in [0.1, 0.15) is 52.1 Å². The van der Waals surface area contributed by atoms with Crippen LogP contribution in [0.4, 0.5) is 0 Å². The Morgan fingerprint density at radius 1 is 1.00 bits per heavy atom. The molecule has 0 radical (unpaired) electrons. The van der Waals surface area contributed by atoms with E-state index >= 15 is 0 Å². The lowest BCUT2D eigenvalue weighted by Crippen LogP contribution is -2.47. The van der Waals surface area contributed by atoms with Crippen molar-refractivity contribution in [2.75, 3.05) is 6.61 Å². The molecule has 1 N–H and O–H groups in total. The molecule has 3 aromatic carbocycles. The summed E-state index contributed by atoms with van der Waals surface area (Å²) < 4.78 is 7.55. The average molecular weight is 507 g/mol. The van der Waals surface area contributed by atoms with E-state index in [4.69, 9.17) is 9.72 Å². The van der Waals surface area contributed by atoms with Gasteiger partial charge in [0.15, 0.2) is 11.4 Å². The molecule has 5 rings (SSSR count). The smallest absolute Gasteiger partial charge is 0.335 e. The second kappa shape index (κ2) is 11.0. The summed E-state index contributed by atoms with van der Waals surface area (Å²) in [7, 11) is 0. The number of aryl methyl sites for hydroxylation is 1. The first-order valence-electron chi connectivity index (χ1n) is 12.8. The van der Waals surface area contributed by atoms with Gasteiger partial charge in [0.25, 0.3) is 0 Å². The van der Waals surface area contributed by atoms with E-state index < -0.39 is 11.6 Å². The zero-order valence-corrected chi connectivity index (χ0v) is 21.3. The molecule has 6 heteroatoms. The molecule has 0 aliphatic heterocycles. The Labute approximate surface area is 222 Å². The highest BCUT2D eigenvalue weighted by Crippen LogP contribution is 2.35. The molecular weight excluding hydrogens is 476 g/mol. The standard InChI is InChI=1S/C32H30N2O4/c1-23-10-16-27(17-11-23)29(35)30-33-28(26-8-3-2-4-9-26)22-34(30)21-25-14-12-24(13-15-25)7-5-20-38-32(31(36)37)18-6-19-32/h2-5,7-17,22H,6,18-21H2,1H3,(H,36,37)/b7-5+. The summed E-state index contributed by atoms with van der Waals surface area (Å²) in [5.74, 6) is -0.592. The van der Waals surface area contributed by atoms with Gasteiger partial charge in [0.1, 0.15) is 0 Å². The fourth-order valence-corrected chi connectivity index (χ4v) is 4.54. The first-order valence-corrected chi connectivity index (χ1v) is 12.8. The number of rotatable bonds is 10. The Balaban J connectivity index is 1.32. The topological polar surface area (TPSA) is 81.4 Å². The van der Waals surface area contributed by atoms with Crippen molar-refractivity contribution in [1.82, 2.24) is 9.55 Å². The van der Waals surface area contributed by atoms with Crippen molar-refractivity contribution in [3.8, 4) is 11.3 Å². The zero-order valence-electron chi connectivity index (χ0n) is 21.3. The van der Waals surface area contributed by atoms with Crippen LogP contribution in [0.15, 0.2) is 91.1 Å². The molecule has 1 aliphatic rings. The number of ketones is 1. The number of imidazole rings is 1. The maximum absolute atomic E-state index is 13.4. The largest absolute Gasteiger partial charge is 0.479 e. The van der Waals surface area contributed by atoms with Crippen LogP contribution < -0.4 is 0 Å². The first kappa shape index (κ1) is 25.4. The Hall–Kier alpha value is -4.29. The molecule has 0 bridgehead atoms. The molecule has 192 valence electrons. The van der Waals surface area contributed by atoms with Gasteiger partial charge in [-0.15, -0.1) is 0 Å². The van der Waals surface area contributed by atoms with Crippen molar-refractivity contribution in [2.24, 2.45) is 0 Å². The van der Waals surface area contributed by atoms with Gasteiger partial charge in [-0.05, 0) is 37.3 Å². The van der Waals surface area contributed by atoms with Crippen LogP contribution in [0, 0.1) is 6.92 Å². The summed E-state index contributed by atoms with van der Waals surface area (Å²) >= 11 is 0. The minimum atomic E-state index is -1.01. The quantitative estimate of drug-likeness (QED) is 0.260. The van der Waals surface area contributed by atoms with Crippen LogP contribution in [-0.4, -0.2) is 38.6 Å².